The smallest absolute Gasteiger partial charge is 0.384 e. The predicted octanol–water partition coefficient (Wildman–Crippen LogP) is 4.07. The largest absolute Gasteiger partial charge is 0.416 e. The van der Waals surface area contributed by atoms with Crippen molar-refractivity contribution in [3.05, 3.63) is 69.0 Å². The Morgan fingerprint density at radius 3 is 2.61 bits per heavy atom. The van der Waals surface area contributed by atoms with Gasteiger partial charge in [0.2, 0.25) is 5.91 Å². The van der Waals surface area contributed by atoms with Crippen molar-refractivity contribution in [2.24, 2.45) is 5.16 Å². The molecule has 0 saturated carbocycles. The molecule has 2 atom stereocenters. The van der Waals surface area contributed by atoms with Gasteiger partial charge in [-0.2, -0.15) is 13.2 Å². The highest BCUT2D eigenvalue weighted by Gasteiger charge is 2.42. The van der Waals surface area contributed by atoms with Gasteiger partial charge in [-0.1, -0.05) is 22.8 Å². The zero-order chi connectivity index (χ0) is 24.1. The Morgan fingerprint density at radius 1 is 1.30 bits per heavy atom. The van der Waals surface area contributed by atoms with Gasteiger partial charge in [0.05, 0.1) is 16.3 Å². The van der Waals surface area contributed by atoms with Crippen LogP contribution in [0.3, 0.4) is 0 Å². The number of amides is 2. The van der Waals surface area contributed by atoms with Crippen molar-refractivity contribution in [1.29, 1.82) is 0 Å². The summed E-state index contributed by atoms with van der Waals surface area (Å²) in [5.41, 5.74) is -1.07. The Bertz CT molecular complexity index is 1200. The van der Waals surface area contributed by atoms with Crippen LogP contribution in [0, 0.1) is 12.7 Å². The van der Waals surface area contributed by atoms with Crippen LogP contribution in [-0.2, 0) is 21.4 Å². The van der Waals surface area contributed by atoms with Crippen molar-refractivity contribution in [1.82, 2.24) is 10.6 Å². The third kappa shape index (κ3) is 4.27. The number of aryl methyl sites for hydroxylation is 1. The van der Waals surface area contributed by atoms with E-state index in [1.807, 2.05) is 0 Å². The molecule has 0 bridgehead atoms. The van der Waals surface area contributed by atoms with Gasteiger partial charge in [-0.05, 0) is 49.2 Å². The van der Waals surface area contributed by atoms with Crippen molar-refractivity contribution >= 4 is 29.1 Å². The van der Waals surface area contributed by atoms with Crippen molar-refractivity contribution in [2.75, 3.05) is 6.54 Å². The number of oxime groups is 1. The lowest BCUT2D eigenvalue weighted by molar-refractivity contribution is -0.137. The fourth-order valence-corrected chi connectivity index (χ4v) is 3.93. The fourth-order valence-electron chi connectivity index (χ4n) is 3.71. The summed E-state index contributed by atoms with van der Waals surface area (Å²) in [6.07, 6.45) is -4.73. The monoisotopic (exact) mass is 483 g/mol. The average molecular weight is 484 g/mol. The second-order valence-electron chi connectivity index (χ2n) is 8.16. The number of nitrogens with zero attached hydrogens (tertiary/aromatic N) is 1. The quantitative estimate of drug-likeness (QED) is 0.508. The van der Waals surface area contributed by atoms with Gasteiger partial charge < -0.3 is 15.5 Å². The topological polar surface area (TPSA) is 79.8 Å². The molecule has 2 aliphatic heterocycles. The maximum Gasteiger partial charge on any atom is 0.416 e. The van der Waals surface area contributed by atoms with Crippen LogP contribution >= 0.6 is 11.6 Å². The molecule has 174 valence electrons. The summed E-state index contributed by atoms with van der Waals surface area (Å²) >= 11 is 5.72. The molecule has 1 fully saturated rings. The Labute approximate surface area is 190 Å². The van der Waals surface area contributed by atoms with E-state index in [1.165, 1.54) is 6.92 Å². The number of β-lactam (4-membered cyclic amide) rings is 1. The first-order valence-corrected chi connectivity index (χ1v) is 10.3. The highest BCUT2D eigenvalue weighted by Crippen LogP contribution is 2.42. The molecule has 2 aromatic rings. The molecule has 1 saturated heterocycles. The number of rotatable bonds is 4. The summed E-state index contributed by atoms with van der Waals surface area (Å²) in [5, 5.41) is 8.46. The zero-order valence-corrected chi connectivity index (χ0v) is 18.2. The fraction of sp³-hybridized carbons (Fsp3) is 0.318. The minimum Gasteiger partial charge on any atom is -0.384 e. The molecule has 1 unspecified atom stereocenters. The normalized spacial score (nSPS) is 22.2. The lowest BCUT2D eigenvalue weighted by Gasteiger charge is -2.26. The summed E-state index contributed by atoms with van der Waals surface area (Å²) in [7, 11) is 0. The highest BCUT2D eigenvalue weighted by molar-refractivity contribution is 6.30. The predicted molar refractivity (Wildman–Crippen MR) is 111 cm³/mol. The van der Waals surface area contributed by atoms with Crippen LogP contribution in [0.25, 0.3) is 0 Å². The molecule has 2 aromatic carbocycles. The lowest BCUT2D eigenvalue weighted by Crippen LogP contribution is -2.61. The van der Waals surface area contributed by atoms with E-state index in [0.29, 0.717) is 41.1 Å². The van der Waals surface area contributed by atoms with Crippen LogP contribution in [0.1, 0.15) is 46.0 Å². The summed E-state index contributed by atoms with van der Waals surface area (Å²) in [5.74, 6) is -1.67. The molecule has 4 rings (SSSR count). The molecule has 2 amide bonds. The highest BCUT2D eigenvalue weighted by atomic mass is 35.5. The van der Waals surface area contributed by atoms with Gasteiger partial charge in [0.1, 0.15) is 11.9 Å². The maximum atomic E-state index is 14.7. The van der Waals surface area contributed by atoms with Crippen LogP contribution in [0.2, 0.25) is 5.02 Å². The summed E-state index contributed by atoms with van der Waals surface area (Å²) in [6.45, 7) is 3.49. The Morgan fingerprint density at radius 2 is 2.03 bits per heavy atom. The number of nitrogens with one attached hydrogen (secondary N) is 2. The number of hydrogen-bond donors (Lipinski definition) is 2. The SMILES string of the molecule is Cc1cc(C2=NOC(C)(c3cc(C(F)(F)F)cc(Cl)c3F)C2)ccc1C(=O)N[C@H]1CNC1=O. The van der Waals surface area contributed by atoms with E-state index in [1.54, 1.807) is 25.1 Å². The van der Waals surface area contributed by atoms with Gasteiger partial charge in [0.25, 0.3) is 5.91 Å². The number of alkyl halides is 3. The molecule has 11 heteroatoms. The molecule has 0 aromatic heterocycles. The van der Waals surface area contributed by atoms with E-state index < -0.39 is 40.1 Å². The van der Waals surface area contributed by atoms with Crippen molar-refractivity contribution in [3.63, 3.8) is 0 Å². The molecule has 2 aliphatic rings. The molecule has 0 spiro atoms. The first-order valence-electron chi connectivity index (χ1n) is 9.90. The molecule has 0 radical (unpaired) electrons. The van der Waals surface area contributed by atoms with Crippen molar-refractivity contribution in [2.45, 2.75) is 38.1 Å². The maximum absolute atomic E-state index is 14.7. The van der Waals surface area contributed by atoms with E-state index in [9.17, 15) is 27.2 Å². The van der Waals surface area contributed by atoms with Gasteiger partial charge in [-0.15, -0.1) is 0 Å². The van der Waals surface area contributed by atoms with Crippen LogP contribution in [0.15, 0.2) is 35.5 Å². The Kier molecular flexibility index (Phi) is 5.60. The van der Waals surface area contributed by atoms with Crippen molar-refractivity contribution in [3.8, 4) is 0 Å². The second-order valence-corrected chi connectivity index (χ2v) is 8.56. The van der Waals surface area contributed by atoms with Crippen molar-refractivity contribution < 1.29 is 32.0 Å². The van der Waals surface area contributed by atoms with Gasteiger partial charge in [0, 0.05) is 24.1 Å². The summed E-state index contributed by atoms with van der Waals surface area (Å²) in [4.78, 5) is 29.2. The number of carbonyl (C=O) groups excluding carboxylic acids is 2. The summed E-state index contributed by atoms with van der Waals surface area (Å²) < 4.78 is 54.3. The van der Waals surface area contributed by atoms with Crippen LogP contribution in [0.4, 0.5) is 17.6 Å². The molecule has 33 heavy (non-hydrogen) atoms. The molecule has 2 N–H and O–H groups in total. The summed E-state index contributed by atoms with van der Waals surface area (Å²) in [6, 6.07) is 5.46. The first kappa shape index (κ1) is 23.0. The van der Waals surface area contributed by atoms with Gasteiger partial charge in [0.15, 0.2) is 5.60 Å². The van der Waals surface area contributed by atoms with Gasteiger partial charge in [-0.25, -0.2) is 4.39 Å². The molecule has 2 heterocycles. The average Bonchev–Trinajstić information content (AvgIpc) is 3.14. The third-order valence-corrected chi connectivity index (χ3v) is 5.97. The first-order chi connectivity index (χ1) is 15.4. The van der Waals surface area contributed by atoms with Crippen LogP contribution in [-0.4, -0.2) is 30.1 Å². The molecule has 0 aliphatic carbocycles. The van der Waals surface area contributed by atoms with Gasteiger partial charge in [-0.3, -0.25) is 9.59 Å². The lowest BCUT2D eigenvalue weighted by atomic mass is 9.87. The Hall–Kier alpha value is -3.14. The second kappa shape index (κ2) is 8.02. The molecular weight excluding hydrogens is 466 g/mol. The zero-order valence-electron chi connectivity index (χ0n) is 17.4. The van der Waals surface area contributed by atoms with E-state index in [2.05, 4.69) is 15.8 Å². The molecular formula is C22H18ClF4N3O3. The van der Waals surface area contributed by atoms with E-state index >= 15 is 0 Å². The number of halogens is 5. The number of hydrogen-bond acceptors (Lipinski definition) is 4. The molecule has 6 nitrogen and oxygen atoms in total. The van der Waals surface area contributed by atoms with Crippen LogP contribution < -0.4 is 10.6 Å². The van der Waals surface area contributed by atoms with E-state index in [0.717, 1.165) is 0 Å². The van der Waals surface area contributed by atoms with Crippen LogP contribution in [0.5, 0.6) is 0 Å². The minimum absolute atomic E-state index is 0.0191. The van der Waals surface area contributed by atoms with Gasteiger partial charge >= 0.3 is 6.18 Å². The minimum atomic E-state index is -4.71. The number of benzene rings is 2. The van der Waals surface area contributed by atoms with E-state index in [-0.39, 0.29) is 17.9 Å². The Balaban J connectivity index is 1.56. The third-order valence-electron chi connectivity index (χ3n) is 5.69. The van der Waals surface area contributed by atoms with E-state index in [4.69, 9.17) is 16.4 Å². The standard InChI is InChI=1S/C22H18ClF4N3O3/c1-10-5-11(3-4-13(10)19(31)29-17-9-28-20(17)32)16-8-21(2,33-30-16)14-6-12(22(25,26)27)7-15(23)18(14)24/h3-7,17H,8-9H2,1-2H3,(H,28,32)(H,29,31)/t17-,21?/m0/s1. The number of carbonyl (C=O) groups is 2.